The highest BCUT2D eigenvalue weighted by molar-refractivity contribution is 9.10. The Morgan fingerprint density at radius 1 is 1.04 bits per heavy atom. The van der Waals surface area contributed by atoms with Gasteiger partial charge in [-0.25, -0.2) is 0 Å². The van der Waals surface area contributed by atoms with Crippen molar-refractivity contribution in [3.05, 3.63) is 28.2 Å². The van der Waals surface area contributed by atoms with E-state index in [1.165, 1.54) is 0 Å². The summed E-state index contributed by atoms with van der Waals surface area (Å²) in [6.45, 7) is 4.73. The van der Waals surface area contributed by atoms with Gasteiger partial charge in [0.05, 0.1) is 12.7 Å². The molecule has 0 N–H and O–H groups in total. The summed E-state index contributed by atoms with van der Waals surface area (Å²) in [5.74, 6) is 0.946. The average molecular weight is 424 g/mol. The van der Waals surface area contributed by atoms with Crippen LogP contribution in [0.3, 0.4) is 0 Å². The zero-order valence-corrected chi connectivity index (χ0v) is 17.0. The zero-order chi connectivity index (χ0) is 18.7. The summed E-state index contributed by atoms with van der Waals surface area (Å²) < 4.78 is 5.99. The molecule has 2 saturated heterocycles. The van der Waals surface area contributed by atoms with Crippen LogP contribution in [0, 0.1) is 5.92 Å². The van der Waals surface area contributed by atoms with Crippen molar-refractivity contribution in [2.24, 2.45) is 5.92 Å². The van der Waals surface area contributed by atoms with Crippen molar-refractivity contribution in [1.82, 2.24) is 14.7 Å². The molecule has 0 radical (unpaired) electrons. The van der Waals surface area contributed by atoms with Crippen LogP contribution in [0.5, 0.6) is 5.75 Å². The third-order valence-electron chi connectivity index (χ3n) is 5.35. The van der Waals surface area contributed by atoms with E-state index in [0.29, 0.717) is 24.4 Å². The zero-order valence-electron chi connectivity index (χ0n) is 15.4. The minimum atomic E-state index is -0.0127. The highest BCUT2D eigenvalue weighted by atomic mass is 79.9. The molecule has 0 aromatic heterocycles. The Morgan fingerprint density at radius 3 is 2.31 bits per heavy atom. The van der Waals surface area contributed by atoms with E-state index in [1.54, 1.807) is 13.2 Å². The number of piperidine rings is 1. The van der Waals surface area contributed by atoms with Crippen LogP contribution >= 0.6 is 15.9 Å². The van der Waals surface area contributed by atoms with Crippen LogP contribution in [0.15, 0.2) is 22.7 Å². The summed E-state index contributed by atoms with van der Waals surface area (Å²) >= 11 is 3.45. The van der Waals surface area contributed by atoms with Crippen LogP contribution in [0.25, 0.3) is 0 Å². The first-order valence-electron chi connectivity index (χ1n) is 9.09. The Kier molecular flexibility index (Phi) is 6.19. The summed E-state index contributed by atoms with van der Waals surface area (Å²) in [5.41, 5.74) is 0.605. The van der Waals surface area contributed by atoms with Gasteiger partial charge in [-0.3, -0.25) is 9.59 Å². The maximum atomic E-state index is 12.8. The molecule has 0 aliphatic carbocycles. The number of halogens is 1. The molecule has 1 aromatic rings. The normalized spacial score (nSPS) is 19.5. The Balaban J connectivity index is 1.58. The highest BCUT2D eigenvalue weighted by Gasteiger charge is 2.32. The molecule has 0 saturated carbocycles. The topological polar surface area (TPSA) is 53.1 Å². The van der Waals surface area contributed by atoms with Crippen molar-refractivity contribution in [3.63, 3.8) is 0 Å². The molecule has 0 unspecified atom stereocenters. The van der Waals surface area contributed by atoms with Crippen LogP contribution in [0.1, 0.15) is 23.2 Å². The summed E-state index contributed by atoms with van der Waals surface area (Å²) in [4.78, 5) is 31.6. The molecule has 7 heteroatoms. The molecule has 26 heavy (non-hydrogen) atoms. The number of hydrogen-bond donors (Lipinski definition) is 0. The number of likely N-dealkylation sites (N-methyl/N-ethyl adjacent to an activating group) is 1. The monoisotopic (exact) mass is 423 g/mol. The fourth-order valence-corrected chi connectivity index (χ4v) is 4.00. The second-order valence-corrected chi connectivity index (χ2v) is 7.90. The largest absolute Gasteiger partial charge is 0.497 e. The lowest BCUT2D eigenvalue weighted by Crippen LogP contribution is -2.51. The standard InChI is InChI=1S/C19H26BrN3O3/c1-21-9-11-23(12-10-21)18(24)14-5-7-22(8-6-14)19(25)16-13-15(26-2)3-4-17(16)20/h3-4,13-14H,5-12H2,1-2H3. The summed E-state index contributed by atoms with van der Waals surface area (Å²) in [5, 5.41) is 0. The second kappa shape index (κ2) is 8.39. The van der Waals surface area contributed by atoms with E-state index >= 15 is 0 Å². The fraction of sp³-hybridized carbons (Fsp3) is 0.579. The van der Waals surface area contributed by atoms with Gasteiger partial charge in [-0.1, -0.05) is 0 Å². The first-order valence-corrected chi connectivity index (χ1v) is 9.89. The van der Waals surface area contributed by atoms with Gasteiger partial charge in [-0.15, -0.1) is 0 Å². The number of rotatable bonds is 3. The maximum Gasteiger partial charge on any atom is 0.255 e. The number of ether oxygens (including phenoxy) is 1. The minimum absolute atomic E-state index is 0.0127. The average Bonchev–Trinajstić information content (AvgIpc) is 2.68. The molecule has 0 atom stereocenters. The van der Waals surface area contributed by atoms with Gasteiger partial charge in [0.2, 0.25) is 5.91 Å². The lowest BCUT2D eigenvalue weighted by molar-refractivity contribution is -0.138. The van der Waals surface area contributed by atoms with Crippen molar-refractivity contribution in [2.45, 2.75) is 12.8 Å². The SMILES string of the molecule is COc1ccc(Br)c(C(=O)N2CCC(C(=O)N3CCN(C)CC3)CC2)c1. The van der Waals surface area contributed by atoms with Crippen molar-refractivity contribution in [2.75, 3.05) is 53.4 Å². The lowest BCUT2D eigenvalue weighted by atomic mass is 9.94. The molecule has 3 rings (SSSR count). The van der Waals surface area contributed by atoms with E-state index in [4.69, 9.17) is 4.74 Å². The highest BCUT2D eigenvalue weighted by Crippen LogP contribution is 2.27. The molecule has 1 aromatic carbocycles. The Morgan fingerprint density at radius 2 is 1.69 bits per heavy atom. The van der Waals surface area contributed by atoms with E-state index in [1.807, 2.05) is 21.9 Å². The lowest BCUT2D eigenvalue weighted by Gasteiger charge is -2.37. The number of nitrogens with zero attached hydrogens (tertiary/aromatic N) is 3. The van der Waals surface area contributed by atoms with Gasteiger partial charge >= 0.3 is 0 Å². The molecule has 2 aliphatic heterocycles. The maximum absolute atomic E-state index is 12.8. The molecule has 142 valence electrons. The van der Waals surface area contributed by atoms with Crippen LogP contribution in [0.4, 0.5) is 0 Å². The number of likely N-dealkylation sites (tertiary alicyclic amines) is 1. The molecule has 2 aliphatic rings. The van der Waals surface area contributed by atoms with Crippen LogP contribution in [-0.4, -0.2) is 79.9 Å². The number of amides is 2. The van der Waals surface area contributed by atoms with Gasteiger partial charge in [0.25, 0.3) is 5.91 Å². The summed E-state index contributed by atoms with van der Waals surface area (Å²) in [7, 11) is 3.68. The third-order valence-corrected chi connectivity index (χ3v) is 6.04. The molecule has 2 amide bonds. The Labute approximate surface area is 163 Å². The number of carbonyl (C=O) groups excluding carboxylic acids is 2. The molecule has 6 nitrogen and oxygen atoms in total. The molecular formula is C19H26BrN3O3. The van der Waals surface area contributed by atoms with Gasteiger partial charge in [0.15, 0.2) is 0 Å². The van der Waals surface area contributed by atoms with Gasteiger partial charge in [0.1, 0.15) is 5.75 Å². The smallest absolute Gasteiger partial charge is 0.255 e. The predicted molar refractivity (Wildman–Crippen MR) is 103 cm³/mol. The van der Waals surface area contributed by atoms with Crippen molar-refractivity contribution >= 4 is 27.7 Å². The number of piperazine rings is 1. The number of methoxy groups -OCH3 is 1. The van der Waals surface area contributed by atoms with E-state index in [2.05, 4.69) is 27.9 Å². The molecule has 2 heterocycles. The van der Waals surface area contributed by atoms with Gasteiger partial charge in [-0.2, -0.15) is 0 Å². The Bertz CT molecular complexity index is 666. The van der Waals surface area contributed by atoms with Crippen molar-refractivity contribution < 1.29 is 14.3 Å². The Hall–Kier alpha value is -1.60. The van der Waals surface area contributed by atoms with Crippen LogP contribution in [-0.2, 0) is 4.79 Å². The van der Waals surface area contributed by atoms with Gasteiger partial charge in [-0.05, 0) is 54.0 Å². The number of carbonyl (C=O) groups is 2. The van der Waals surface area contributed by atoms with E-state index < -0.39 is 0 Å². The van der Waals surface area contributed by atoms with E-state index in [9.17, 15) is 9.59 Å². The summed E-state index contributed by atoms with van der Waals surface area (Å²) in [6.07, 6.45) is 1.47. The second-order valence-electron chi connectivity index (χ2n) is 7.04. The number of hydrogen-bond acceptors (Lipinski definition) is 4. The third kappa shape index (κ3) is 4.20. The quantitative estimate of drug-likeness (QED) is 0.746. The first-order chi connectivity index (χ1) is 12.5. The summed E-state index contributed by atoms with van der Waals surface area (Å²) in [6, 6.07) is 5.41. The predicted octanol–water partition coefficient (Wildman–Crippen LogP) is 2.08. The van der Waals surface area contributed by atoms with Gasteiger partial charge < -0.3 is 19.4 Å². The molecule has 0 spiro atoms. The minimum Gasteiger partial charge on any atom is -0.497 e. The van der Waals surface area contributed by atoms with E-state index in [-0.39, 0.29) is 17.7 Å². The van der Waals surface area contributed by atoms with E-state index in [0.717, 1.165) is 43.5 Å². The molecular weight excluding hydrogens is 398 g/mol. The van der Waals surface area contributed by atoms with Crippen LogP contribution < -0.4 is 4.74 Å². The van der Waals surface area contributed by atoms with Crippen molar-refractivity contribution in [3.8, 4) is 5.75 Å². The van der Waals surface area contributed by atoms with Gasteiger partial charge in [0, 0.05) is 49.7 Å². The fourth-order valence-electron chi connectivity index (χ4n) is 3.58. The van der Waals surface area contributed by atoms with Crippen molar-refractivity contribution in [1.29, 1.82) is 0 Å². The van der Waals surface area contributed by atoms with Crippen LogP contribution in [0.2, 0.25) is 0 Å². The number of benzene rings is 1. The first kappa shape index (κ1) is 19.2. The molecule has 2 fully saturated rings. The molecule has 0 bridgehead atoms.